The first-order valence-electron chi connectivity index (χ1n) is 9.89. The molecule has 146 valence electrons. The molecule has 0 radical (unpaired) electrons. The molecule has 2 N–H and O–H groups in total. The summed E-state index contributed by atoms with van der Waals surface area (Å²) in [7, 11) is 0. The number of piperidine rings is 2. The molecule has 0 bridgehead atoms. The smallest absolute Gasteiger partial charge is 0.224 e. The molecule has 2 aliphatic rings. The van der Waals surface area contributed by atoms with Crippen LogP contribution in [0.3, 0.4) is 0 Å². The number of hydrogen-bond donors (Lipinski definition) is 2. The van der Waals surface area contributed by atoms with Crippen LogP contribution in [0.25, 0.3) is 0 Å². The van der Waals surface area contributed by atoms with Gasteiger partial charge in [-0.05, 0) is 64.5 Å². The highest BCUT2D eigenvalue weighted by Gasteiger charge is 2.32. The van der Waals surface area contributed by atoms with Crippen LogP contribution < -0.4 is 10.6 Å². The first-order valence-corrected chi connectivity index (χ1v) is 9.89. The first kappa shape index (κ1) is 22.2. The molecule has 0 saturated carbocycles. The molecule has 0 spiro atoms. The summed E-state index contributed by atoms with van der Waals surface area (Å²) in [5, 5.41) is 6.40. The minimum Gasteiger partial charge on any atom is -0.356 e. The van der Waals surface area contributed by atoms with Crippen LogP contribution in [0.4, 0.5) is 0 Å². The topological polar surface area (TPSA) is 61.4 Å². The van der Waals surface area contributed by atoms with Crippen molar-refractivity contribution in [3.05, 3.63) is 0 Å². The zero-order valence-electron chi connectivity index (χ0n) is 15.9. The van der Waals surface area contributed by atoms with E-state index < -0.39 is 0 Å². The number of unbranched alkanes of at least 4 members (excludes halogenated alkanes) is 1. The lowest BCUT2D eigenvalue weighted by Gasteiger charge is -2.38. The van der Waals surface area contributed by atoms with Gasteiger partial charge in [-0.25, -0.2) is 0 Å². The summed E-state index contributed by atoms with van der Waals surface area (Å²) in [6.45, 7) is 7.76. The van der Waals surface area contributed by atoms with E-state index in [0.29, 0.717) is 18.9 Å². The Balaban J connectivity index is 0.00000312. The van der Waals surface area contributed by atoms with Gasteiger partial charge in [-0.1, -0.05) is 13.3 Å². The summed E-state index contributed by atoms with van der Waals surface area (Å²) in [5.41, 5.74) is 0. The third-order valence-electron chi connectivity index (χ3n) is 5.63. The quantitative estimate of drug-likeness (QED) is 0.674. The molecule has 2 unspecified atom stereocenters. The SMILES string of the molecule is CCCCNC(=O)C1CCC(C)N(C(=O)CCC2CCNCC2)C1.Cl. The second kappa shape index (κ2) is 11.7. The Hall–Kier alpha value is -0.810. The Bertz CT molecular complexity index is 413. The van der Waals surface area contributed by atoms with Crippen molar-refractivity contribution in [1.82, 2.24) is 15.5 Å². The fourth-order valence-corrected chi connectivity index (χ4v) is 3.84. The first-order chi connectivity index (χ1) is 11.6. The Labute approximate surface area is 159 Å². The number of amides is 2. The van der Waals surface area contributed by atoms with E-state index in [4.69, 9.17) is 0 Å². The van der Waals surface area contributed by atoms with E-state index in [1.165, 1.54) is 12.8 Å². The summed E-state index contributed by atoms with van der Waals surface area (Å²) in [6, 6.07) is 0.269. The second-order valence-corrected chi connectivity index (χ2v) is 7.55. The van der Waals surface area contributed by atoms with Crippen molar-refractivity contribution in [1.29, 1.82) is 0 Å². The maximum atomic E-state index is 12.7. The number of hydrogen-bond acceptors (Lipinski definition) is 3. The van der Waals surface area contributed by atoms with Crippen molar-refractivity contribution < 1.29 is 9.59 Å². The van der Waals surface area contributed by atoms with E-state index in [2.05, 4.69) is 24.5 Å². The monoisotopic (exact) mass is 373 g/mol. The molecule has 2 amide bonds. The number of likely N-dealkylation sites (tertiary alicyclic amines) is 1. The van der Waals surface area contributed by atoms with Crippen molar-refractivity contribution in [3.8, 4) is 0 Å². The number of carbonyl (C=O) groups is 2. The average molecular weight is 374 g/mol. The third kappa shape index (κ3) is 7.14. The number of halogens is 1. The summed E-state index contributed by atoms with van der Waals surface area (Å²) in [5.74, 6) is 1.03. The predicted octanol–water partition coefficient (Wildman–Crippen LogP) is 2.73. The fourth-order valence-electron chi connectivity index (χ4n) is 3.84. The molecule has 2 rings (SSSR count). The van der Waals surface area contributed by atoms with Gasteiger partial charge in [0, 0.05) is 25.6 Å². The molecule has 6 heteroatoms. The molecule has 0 aromatic carbocycles. The Morgan fingerprint density at radius 3 is 2.56 bits per heavy atom. The van der Waals surface area contributed by atoms with Gasteiger partial charge in [-0.2, -0.15) is 0 Å². The summed E-state index contributed by atoms with van der Waals surface area (Å²) < 4.78 is 0. The van der Waals surface area contributed by atoms with E-state index in [1.54, 1.807) is 0 Å². The lowest BCUT2D eigenvalue weighted by atomic mass is 9.90. The van der Waals surface area contributed by atoms with Gasteiger partial charge >= 0.3 is 0 Å². The van der Waals surface area contributed by atoms with Gasteiger partial charge in [0.25, 0.3) is 0 Å². The van der Waals surface area contributed by atoms with Crippen LogP contribution in [0.5, 0.6) is 0 Å². The van der Waals surface area contributed by atoms with Gasteiger partial charge in [0.1, 0.15) is 0 Å². The predicted molar refractivity (Wildman–Crippen MR) is 104 cm³/mol. The molecular formula is C19H36ClN3O2. The van der Waals surface area contributed by atoms with Crippen molar-refractivity contribution in [2.75, 3.05) is 26.2 Å². The molecule has 5 nitrogen and oxygen atoms in total. The zero-order valence-corrected chi connectivity index (χ0v) is 16.7. The molecular weight excluding hydrogens is 338 g/mol. The Morgan fingerprint density at radius 2 is 1.88 bits per heavy atom. The standard InChI is InChI=1S/C19H35N3O2.ClH/c1-3-4-11-21-19(24)17-7-5-15(2)22(14-17)18(23)8-6-16-9-12-20-13-10-16;/h15-17,20H,3-14H2,1-2H3,(H,21,24);1H. The fraction of sp³-hybridized carbons (Fsp3) is 0.895. The molecule has 25 heavy (non-hydrogen) atoms. The van der Waals surface area contributed by atoms with Crippen LogP contribution in [-0.2, 0) is 9.59 Å². The maximum Gasteiger partial charge on any atom is 0.224 e. The van der Waals surface area contributed by atoms with Crippen LogP contribution >= 0.6 is 12.4 Å². The van der Waals surface area contributed by atoms with Crippen molar-refractivity contribution in [3.63, 3.8) is 0 Å². The van der Waals surface area contributed by atoms with E-state index in [1.807, 2.05) is 4.90 Å². The van der Waals surface area contributed by atoms with Crippen LogP contribution in [-0.4, -0.2) is 48.9 Å². The van der Waals surface area contributed by atoms with Crippen molar-refractivity contribution in [2.24, 2.45) is 11.8 Å². The minimum atomic E-state index is -0.0270. The molecule has 2 fully saturated rings. The normalized spacial score (nSPS) is 24.5. The number of carbonyl (C=O) groups excluding carboxylic acids is 2. The van der Waals surface area contributed by atoms with Crippen LogP contribution in [0.2, 0.25) is 0 Å². The van der Waals surface area contributed by atoms with E-state index >= 15 is 0 Å². The largest absolute Gasteiger partial charge is 0.356 e. The molecule has 0 aromatic heterocycles. The molecule has 0 aliphatic carbocycles. The second-order valence-electron chi connectivity index (χ2n) is 7.55. The highest BCUT2D eigenvalue weighted by atomic mass is 35.5. The van der Waals surface area contributed by atoms with E-state index in [9.17, 15) is 9.59 Å². The highest BCUT2D eigenvalue weighted by molar-refractivity contribution is 5.85. The molecule has 2 aliphatic heterocycles. The van der Waals surface area contributed by atoms with E-state index in [0.717, 1.165) is 51.7 Å². The van der Waals surface area contributed by atoms with Gasteiger partial charge in [0.2, 0.25) is 11.8 Å². The lowest BCUT2D eigenvalue weighted by molar-refractivity contribution is -0.138. The third-order valence-corrected chi connectivity index (χ3v) is 5.63. The van der Waals surface area contributed by atoms with E-state index in [-0.39, 0.29) is 36.2 Å². The molecule has 2 heterocycles. The molecule has 0 aromatic rings. The summed E-state index contributed by atoms with van der Waals surface area (Å²) in [6.07, 6.45) is 7.95. The maximum absolute atomic E-state index is 12.7. The molecule has 2 saturated heterocycles. The Morgan fingerprint density at radius 1 is 1.16 bits per heavy atom. The van der Waals surface area contributed by atoms with Crippen molar-refractivity contribution >= 4 is 24.2 Å². The Kier molecular flexibility index (Phi) is 10.4. The van der Waals surface area contributed by atoms with Crippen LogP contribution in [0.1, 0.15) is 65.2 Å². The lowest BCUT2D eigenvalue weighted by Crippen LogP contribution is -2.49. The summed E-state index contributed by atoms with van der Waals surface area (Å²) in [4.78, 5) is 26.9. The number of rotatable bonds is 7. The summed E-state index contributed by atoms with van der Waals surface area (Å²) >= 11 is 0. The van der Waals surface area contributed by atoms with Gasteiger partial charge in [0.05, 0.1) is 5.92 Å². The minimum absolute atomic E-state index is 0. The van der Waals surface area contributed by atoms with Gasteiger partial charge < -0.3 is 15.5 Å². The average Bonchev–Trinajstić information content (AvgIpc) is 2.61. The van der Waals surface area contributed by atoms with Gasteiger partial charge in [-0.15, -0.1) is 12.4 Å². The van der Waals surface area contributed by atoms with Gasteiger partial charge in [-0.3, -0.25) is 9.59 Å². The molecule has 2 atom stereocenters. The number of nitrogens with zero attached hydrogens (tertiary/aromatic N) is 1. The van der Waals surface area contributed by atoms with Crippen LogP contribution in [0.15, 0.2) is 0 Å². The van der Waals surface area contributed by atoms with Gasteiger partial charge in [0.15, 0.2) is 0 Å². The zero-order chi connectivity index (χ0) is 17.4. The van der Waals surface area contributed by atoms with Crippen molar-refractivity contribution in [2.45, 2.75) is 71.3 Å². The highest BCUT2D eigenvalue weighted by Crippen LogP contribution is 2.25. The number of nitrogens with one attached hydrogen (secondary N) is 2. The van der Waals surface area contributed by atoms with Crippen LogP contribution in [0, 0.1) is 11.8 Å².